The first-order valence-corrected chi connectivity index (χ1v) is 8.16. The second-order valence-corrected chi connectivity index (χ2v) is 5.98. The zero-order chi connectivity index (χ0) is 17.8. The molecule has 0 unspecified atom stereocenters. The van der Waals surface area contributed by atoms with Crippen LogP contribution in [0.3, 0.4) is 0 Å². The number of nitrogens with two attached hydrogens (primary N) is 1. The Labute approximate surface area is 146 Å². The maximum atomic E-state index is 13.3. The van der Waals surface area contributed by atoms with E-state index in [1.54, 1.807) is 18.2 Å². The third-order valence-electron chi connectivity index (χ3n) is 3.19. The lowest BCUT2D eigenvalue weighted by molar-refractivity contribution is -0.113. The molecule has 0 saturated heterocycles. The van der Waals surface area contributed by atoms with Gasteiger partial charge in [-0.15, -0.1) is 10.2 Å². The van der Waals surface area contributed by atoms with Crippen LogP contribution in [0.2, 0.25) is 0 Å². The van der Waals surface area contributed by atoms with Crippen LogP contribution in [0.25, 0.3) is 11.4 Å². The average Bonchev–Trinajstić information content (AvgIpc) is 2.94. The van der Waals surface area contributed by atoms with E-state index in [9.17, 15) is 13.6 Å². The first kappa shape index (κ1) is 16.9. The number of carbonyl (C=O) groups excluding carboxylic acids is 1. The molecule has 0 radical (unpaired) electrons. The van der Waals surface area contributed by atoms with Crippen LogP contribution in [0.5, 0.6) is 0 Å². The minimum Gasteiger partial charge on any atom is -0.335 e. The van der Waals surface area contributed by atoms with Gasteiger partial charge in [-0.1, -0.05) is 30.0 Å². The number of aromatic nitrogens is 3. The van der Waals surface area contributed by atoms with E-state index in [0.29, 0.717) is 16.4 Å². The van der Waals surface area contributed by atoms with E-state index in [-0.39, 0.29) is 17.5 Å². The van der Waals surface area contributed by atoms with E-state index in [2.05, 4.69) is 15.5 Å². The number of nitrogen functional groups attached to an aromatic ring is 1. The quantitative estimate of drug-likeness (QED) is 0.539. The average molecular weight is 361 g/mol. The summed E-state index contributed by atoms with van der Waals surface area (Å²) in [5.41, 5.74) is 0.839. The summed E-state index contributed by atoms with van der Waals surface area (Å²) in [5.74, 6) is 5.01. The molecule has 1 amide bonds. The Hall–Kier alpha value is -2.94. The van der Waals surface area contributed by atoms with Gasteiger partial charge in [0.15, 0.2) is 5.82 Å². The maximum Gasteiger partial charge on any atom is 0.234 e. The molecule has 3 N–H and O–H groups in total. The van der Waals surface area contributed by atoms with Crippen molar-refractivity contribution >= 4 is 23.4 Å². The predicted molar refractivity (Wildman–Crippen MR) is 91.3 cm³/mol. The fraction of sp³-hybridized carbons (Fsp3) is 0.0625. The van der Waals surface area contributed by atoms with Crippen LogP contribution in [0, 0.1) is 11.6 Å². The van der Waals surface area contributed by atoms with Crippen molar-refractivity contribution in [2.24, 2.45) is 0 Å². The maximum absolute atomic E-state index is 13.3. The molecule has 6 nitrogen and oxygen atoms in total. The second-order valence-electron chi connectivity index (χ2n) is 5.03. The van der Waals surface area contributed by atoms with Crippen LogP contribution in [-0.2, 0) is 4.79 Å². The summed E-state index contributed by atoms with van der Waals surface area (Å²) < 4.78 is 27.6. The van der Waals surface area contributed by atoms with Crippen molar-refractivity contribution in [3.05, 3.63) is 60.2 Å². The number of rotatable bonds is 5. The summed E-state index contributed by atoms with van der Waals surface area (Å²) in [4.78, 5) is 11.9. The zero-order valence-corrected chi connectivity index (χ0v) is 13.6. The minimum atomic E-state index is -0.438. The highest BCUT2D eigenvalue weighted by atomic mass is 32.2. The van der Waals surface area contributed by atoms with Gasteiger partial charge in [0.05, 0.1) is 5.75 Å². The number of amides is 1. The smallest absolute Gasteiger partial charge is 0.234 e. The monoisotopic (exact) mass is 361 g/mol. The van der Waals surface area contributed by atoms with Gasteiger partial charge in [-0.25, -0.2) is 13.5 Å². The van der Waals surface area contributed by atoms with Gasteiger partial charge in [0.25, 0.3) is 0 Å². The van der Waals surface area contributed by atoms with Gasteiger partial charge in [-0.3, -0.25) is 4.79 Å². The second kappa shape index (κ2) is 7.31. The molecule has 0 aliphatic rings. The predicted octanol–water partition coefficient (Wildman–Crippen LogP) is 2.67. The van der Waals surface area contributed by atoms with Crippen LogP contribution >= 0.6 is 11.8 Å². The van der Waals surface area contributed by atoms with E-state index >= 15 is 0 Å². The molecule has 3 aromatic rings. The van der Waals surface area contributed by atoms with Crippen molar-refractivity contribution in [3.63, 3.8) is 0 Å². The van der Waals surface area contributed by atoms with E-state index < -0.39 is 11.6 Å². The Morgan fingerprint density at radius 3 is 2.56 bits per heavy atom. The molecule has 0 atom stereocenters. The first-order chi connectivity index (χ1) is 12.0. The Morgan fingerprint density at radius 1 is 1.12 bits per heavy atom. The van der Waals surface area contributed by atoms with Crippen molar-refractivity contribution in [3.8, 4) is 11.4 Å². The molecule has 0 aliphatic heterocycles. The molecule has 9 heteroatoms. The molecule has 0 saturated carbocycles. The van der Waals surface area contributed by atoms with Crippen molar-refractivity contribution in [2.45, 2.75) is 5.16 Å². The van der Waals surface area contributed by atoms with Gasteiger partial charge in [0, 0.05) is 11.3 Å². The number of anilines is 1. The fourth-order valence-electron chi connectivity index (χ4n) is 2.09. The zero-order valence-electron chi connectivity index (χ0n) is 12.8. The van der Waals surface area contributed by atoms with Crippen LogP contribution in [-0.4, -0.2) is 26.5 Å². The molecule has 128 valence electrons. The van der Waals surface area contributed by atoms with E-state index in [1.807, 2.05) is 0 Å². The molecule has 25 heavy (non-hydrogen) atoms. The molecule has 3 rings (SSSR count). The Kier molecular flexibility index (Phi) is 4.94. The van der Waals surface area contributed by atoms with Crippen molar-refractivity contribution in [1.82, 2.24) is 14.9 Å². The normalized spacial score (nSPS) is 10.6. The molecule has 0 spiro atoms. The SMILES string of the molecule is Nn1c(SCC(=O)Nc2cccc(F)c2)nnc1-c1cccc(F)c1. The third kappa shape index (κ3) is 4.13. The summed E-state index contributed by atoms with van der Waals surface area (Å²) in [7, 11) is 0. The highest BCUT2D eigenvalue weighted by Crippen LogP contribution is 2.22. The number of benzene rings is 2. The van der Waals surface area contributed by atoms with Crippen LogP contribution in [0.4, 0.5) is 14.5 Å². The van der Waals surface area contributed by atoms with Gasteiger partial charge in [-0.05, 0) is 30.3 Å². The lowest BCUT2D eigenvalue weighted by atomic mass is 10.2. The largest absolute Gasteiger partial charge is 0.335 e. The summed E-state index contributed by atoms with van der Waals surface area (Å²) in [6, 6.07) is 11.4. The highest BCUT2D eigenvalue weighted by molar-refractivity contribution is 7.99. The van der Waals surface area contributed by atoms with E-state index in [1.165, 1.54) is 35.0 Å². The van der Waals surface area contributed by atoms with Crippen molar-refractivity contribution in [2.75, 3.05) is 16.9 Å². The van der Waals surface area contributed by atoms with Crippen molar-refractivity contribution < 1.29 is 13.6 Å². The van der Waals surface area contributed by atoms with Gasteiger partial charge in [0.1, 0.15) is 11.6 Å². The van der Waals surface area contributed by atoms with Crippen molar-refractivity contribution in [1.29, 1.82) is 0 Å². The number of halogens is 2. The topological polar surface area (TPSA) is 85.8 Å². The van der Waals surface area contributed by atoms with Gasteiger partial charge >= 0.3 is 0 Å². The number of hydrogen-bond acceptors (Lipinski definition) is 5. The Balaban J connectivity index is 1.65. The number of nitrogens with one attached hydrogen (secondary N) is 1. The fourth-order valence-corrected chi connectivity index (χ4v) is 2.75. The van der Waals surface area contributed by atoms with Gasteiger partial charge in [-0.2, -0.15) is 0 Å². The van der Waals surface area contributed by atoms with E-state index in [4.69, 9.17) is 5.84 Å². The summed E-state index contributed by atoms with van der Waals surface area (Å²) in [6.45, 7) is 0. The standard InChI is InChI=1S/C16H13F2N5OS/c17-11-4-1-3-10(7-11)15-21-22-16(23(15)19)25-9-14(24)20-13-6-2-5-12(18)8-13/h1-8H,9,19H2,(H,20,24). The minimum absolute atomic E-state index is 0.00893. The number of hydrogen-bond donors (Lipinski definition) is 2. The molecular weight excluding hydrogens is 348 g/mol. The lowest BCUT2D eigenvalue weighted by Gasteiger charge is -2.05. The number of thioether (sulfide) groups is 1. The summed E-state index contributed by atoms with van der Waals surface area (Å²) >= 11 is 1.06. The molecule has 0 bridgehead atoms. The Bertz CT molecular complexity index is 915. The van der Waals surface area contributed by atoms with Crippen LogP contribution in [0.15, 0.2) is 53.7 Å². The third-order valence-corrected chi connectivity index (χ3v) is 4.13. The molecule has 0 fully saturated rings. The van der Waals surface area contributed by atoms with Gasteiger partial charge < -0.3 is 11.2 Å². The summed E-state index contributed by atoms with van der Waals surface area (Å²) in [6.07, 6.45) is 0. The van der Waals surface area contributed by atoms with Gasteiger partial charge in [0.2, 0.25) is 11.1 Å². The molecular formula is C16H13F2N5OS. The number of nitrogens with zero attached hydrogens (tertiary/aromatic N) is 3. The molecule has 2 aromatic carbocycles. The molecule has 1 heterocycles. The first-order valence-electron chi connectivity index (χ1n) is 7.17. The Morgan fingerprint density at radius 2 is 1.84 bits per heavy atom. The summed E-state index contributed by atoms with van der Waals surface area (Å²) in [5, 5.41) is 10.7. The van der Waals surface area contributed by atoms with Crippen LogP contribution < -0.4 is 11.2 Å². The number of carbonyl (C=O) groups is 1. The van der Waals surface area contributed by atoms with E-state index in [0.717, 1.165) is 11.8 Å². The highest BCUT2D eigenvalue weighted by Gasteiger charge is 2.14. The lowest BCUT2D eigenvalue weighted by Crippen LogP contribution is -2.16. The molecule has 1 aromatic heterocycles. The van der Waals surface area contributed by atoms with Crippen LogP contribution in [0.1, 0.15) is 0 Å². The molecule has 0 aliphatic carbocycles.